The third-order valence-electron chi connectivity index (χ3n) is 4.13. The maximum atomic E-state index is 11.9. The summed E-state index contributed by atoms with van der Waals surface area (Å²) in [5, 5.41) is 0. The summed E-state index contributed by atoms with van der Waals surface area (Å²) in [5.41, 5.74) is 3.40. The van der Waals surface area contributed by atoms with Gasteiger partial charge in [-0.3, -0.25) is 4.79 Å². The Kier molecular flexibility index (Phi) is 4.93. The number of benzene rings is 2. The van der Waals surface area contributed by atoms with E-state index in [0.717, 1.165) is 34.7 Å². The van der Waals surface area contributed by atoms with E-state index in [1.54, 1.807) is 7.11 Å². The molecule has 0 atom stereocenters. The van der Waals surface area contributed by atoms with Crippen LogP contribution in [-0.2, 0) is 6.54 Å². The number of carbonyl (C=O) groups excluding carboxylic acids is 1. The van der Waals surface area contributed by atoms with Crippen molar-refractivity contribution < 1.29 is 9.53 Å². The van der Waals surface area contributed by atoms with Crippen molar-refractivity contribution in [2.24, 2.45) is 5.92 Å². The second-order valence-electron chi connectivity index (χ2n) is 6.50. The summed E-state index contributed by atoms with van der Waals surface area (Å²) in [6, 6.07) is 13.5. The number of nitrogens with zero attached hydrogens (tertiary/aromatic N) is 2. The van der Waals surface area contributed by atoms with Gasteiger partial charge in [0.25, 0.3) is 0 Å². The fourth-order valence-electron chi connectivity index (χ4n) is 2.95. The number of Topliss-reactive ketones (excluding diaryl/α,β-unsaturated/α-hetero) is 1. The monoisotopic (exact) mass is 332 g/mol. The van der Waals surface area contributed by atoms with Crippen LogP contribution in [0.4, 0.5) is 0 Å². The molecule has 1 aromatic heterocycles. The summed E-state index contributed by atoms with van der Waals surface area (Å²) >= 11 is 0. The summed E-state index contributed by atoms with van der Waals surface area (Å²) < 4.78 is 7.54. The predicted octanol–water partition coefficient (Wildman–Crippen LogP) is 4.14. The SMILES string of the molecule is [B]CC(=O)c1ccc2c(c1)nc(-c1cccc(OC)c1)n2CC(C)C. The lowest BCUT2D eigenvalue weighted by molar-refractivity contribution is 0.101. The zero-order valence-electron chi connectivity index (χ0n) is 14.8. The molecule has 0 saturated heterocycles. The van der Waals surface area contributed by atoms with E-state index in [1.165, 1.54) is 0 Å². The summed E-state index contributed by atoms with van der Waals surface area (Å²) in [4.78, 5) is 16.7. The standard InChI is InChI=1S/C20H21BN2O2/c1-13(2)12-23-18-8-7-14(19(24)11-21)10-17(18)22-20(23)15-5-4-6-16(9-15)25-3/h4-10,13H,11-12H2,1-3H3. The molecular formula is C20H21BN2O2. The highest BCUT2D eigenvalue weighted by Crippen LogP contribution is 2.29. The van der Waals surface area contributed by atoms with Crippen molar-refractivity contribution in [1.29, 1.82) is 0 Å². The van der Waals surface area contributed by atoms with E-state index in [4.69, 9.17) is 17.6 Å². The van der Waals surface area contributed by atoms with Gasteiger partial charge in [0.05, 0.1) is 26.0 Å². The fraction of sp³-hybridized carbons (Fsp3) is 0.300. The second-order valence-corrected chi connectivity index (χ2v) is 6.50. The molecule has 0 saturated carbocycles. The van der Waals surface area contributed by atoms with Crippen LogP contribution < -0.4 is 4.74 Å². The lowest BCUT2D eigenvalue weighted by Gasteiger charge is -2.12. The number of imidazole rings is 1. The van der Waals surface area contributed by atoms with Gasteiger partial charge in [-0.1, -0.05) is 26.0 Å². The first-order valence-electron chi connectivity index (χ1n) is 8.41. The number of rotatable bonds is 6. The van der Waals surface area contributed by atoms with Gasteiger partial charge >= 0.3 is 0 Å². The summed E-state index contributed by atoms with van der Waals surface area (Å²) in [5.74, 6) is 2.05. The molecule has 0 aliphatic rings. The molecule has 2 aromatic carbocycles. The van der Waals surface area contributed by atoms with Crippen molar-refractivity contribution in [1.82, 2.24) is 9.55 Å². The average Bonchev–Trinajstić information content (AvgIpc) is 2.98. The van der Waals surface area contributed by atoms with E-state index >= 15 is 0 Å². The minimum atomic E-state index is -0.0803. The van der Waals surface area contributed by atoms with E-state index in [9.17, 15) is 4.79 Å². The van der Waals surface area contributed by atoms with Gasteiger partial charge < -0.3 is 9.30 Å². The van der Waals surface area contributed by atoms with Gasteiger partial charge in [0.15, 0.2) is 5.78 Å². The molecule has 0 bridgehead atoms. The zero-order chi connectivity index (χ0) is 18.0. The van der Waals surface area contributed by atoms with Crippen LogP contribution in [-0.4, -0.2) is 30.3 Å². The molecule has 3 aromatic rings. The lowest BCUT2D eigenvalue weighted by Crippen LogP contribution is -2.06. The number of methoxy groups -OCH3 is 1. The van der Waals surface area contributed by atoms with Gasteiger partial charge in [0, 0.05) is 17.7 Å². The van der Waals surface area contributed by atoms with E-state index in [0.29, 0.717) is 11.5 Å². The first kappa shape index (κ1) is 17.3. The van der Waals surface area contributed by atoms with E-state index in [-0.39, 0.29) is 12.1 Å². The number of hydrogen-bond acceptors (Lipinski definition) is 3. The maximum Gasteiger partial charge on any atom is 0.154 e. The van der Waals surface area contributed by atoms with Crippen LogP contribution in [0.25, 0.3) is 22.4 Å². The van der Waals surface area contributed by atoms with E-state index in [1.807, 2.05) is 42.5 Å². The molecule has 2 radical (unpaired) electrons. The minimum Gasteiger partial charge on any atom is -0.497 e. The third-order valence-corrected chi connectivity index (χ3v) is 4.13. The number of ketones is 1. The maximum absolute atomic E-state index is 11.9. The Labute approximate surface area is 149 Å². The molecule has 0 fully saturated rings. The number of aromatic nitrogens is 2. The van der Waals surface area contributed by atoms with Crippen molar-refractivity contribution in [3.05, 3.63) is 48.0 Å². The number of carbonyl (C=O) groups is 1. The predicted molar refractivity (Wildman–Crippen MR) is 101 cm³/mol. The van der Waals surface area contributed by atoms with Crippen molar-refractivity contribution in [2.75, 3.05) is 7.11 Å². The van der Waals surface area contributed by atoms with Gasteiger partial charge in [0.1, 0.15) is 11.6 Å². The van der Waals surface area contributed by atoms with Crippen LogP contribution in [0.3, 0.4) is 0 Å². The molecule has 4 nitrogen and oxygen atoms in total. The quantitative estimate of drug-likeness (QED) is 0.503. The molecule has 0 aliphatic carbocycles. The smallest absolute Gasteiger partial charge is 0.154 e. The molecule has 0 N–H and O–H groups in total. The molecule has 0 spiro atoms. The average molecular weight is 332 g/mol. The first-order valence-corrected chi connectivity index (χ1v) is 8.41. The number of hydrogen-bond donors (Lipinski definition) is 0. The molecule has 0 amide bonds. The minimum absolute atomic E-state index is 0.000943. The Morgan fingerprint density at radius 3 is 2.72 bits per heavy atom. The molecule has 126 valence electrons. The Bertz CT molecular complexity index is 915. The van der Waals surface area contributed by atoms with Crippen molar-refractivity contribution in [3.8, 4) is 17.1 Å². The Morgan fingerprint density at radius 1 is 1.24 bits per heavy atom. The first-order chi connectivity index (χ1) is 12.0. The molecule has 3 rings (SSSR count). The van der Waals surface area contributed by atoms with Gasteiger partial charge in [-0.2, -0.15) is 0 Å². The van der Waals surface area contributed by atoms with Crippen LogP contribution in [0.2, 0.25) is 6.32 Å². The lowest BCUT2D eigenvalue weighted by atomic mass is 9.96. The summed E-state index contributed by atoms with van der Waals surface area (Å²) in [7, 11) is 7.14. The van der Waals surface area contributed by atoms with Crippen molar-refractivity contribution in [3.63, 3.8) is 0 Å². The normalized spacial score (nSPS) is 11.2. The van der Waals surface area contributed by atoms with E-state index < -0.39 is 0 Å². The third kappa shape index (κ3) is 3.45. The molecule has 0 unspecified atom stereocenters. The van der Waals surface area contributed by atoms with Crippen LogP contribution in [0.1, 0.15) is 24.2 Å². The number of fused-ring (bicyclic) bond motifs is 1. The van der Waals surface area contributed by atoms with Crippen molar-refractivity contribution in [2.45, 2.75) is 26.7 Å². The largest absolute Gasteiger partial charge is 0.497 e. The summed E-state index contributed by atoms with van der Waals surface area (Å²) in [6.07, 6.45) is 0.000943. The Balaban J connectivity index is 2.19. The van der Waals surface area contributed by atoms with E-state index in [2.05, 4.69) is 18.4 Å². The van der Waals surface area contributed by atoms with Gasteiger partial charge in [-0.25, -0.2) is 4.98 Å². The van der Waals surface area contributed by atoms with Gasteiger partial charge in [0.2, 0.25) is 0 Å². The van der Waals surface area contributed by atoms with Crippen LogP contribution in [0, 0.1) is 5.92 Å². The number of ether oxygens (including phenoxy) is 1. The van der Waals surface area contributed by atoms with Crippen molar-refractivity contribution >= 4 is 24.7 Å². The van der Waals surface area contributed by atoms with Gasteiger partial charge in [-0.05, 0) is 42.6 Å². The van der Waals surface area contributed by atoms with Gasteiger partial charge in [-0.15, -0.1) is 0 Å². The molecule has 0 aliphatic heterocycles. The molecule has 1 heterocycles. The fourth-order valence-corrected chi connectivity index (χ4v) is 2.95. The Hall–Kier alpha value is -2.56. The topological polar surface area (TPSA) is 44.1 Å². The van der Waals surface area contributed by atoms with Crippen LogP contribution in [0.15, 0.2) is 42.5 Å². The highest BCUT2D eigenvalue weighted by atomic mass is 16.5. The van der Waals surface area contributed by atoms with Crippen LogP contribution in [0.5, 0.6) is 5.75 Å². The Morgan fingerprint density at radius 2 is 2.04 bits per heavy atom. The van der Waals surface area contributed by atoms with Crippen LogP contribution >= 0.6 is 0 Å². The molecule has 5 heteroatoms. The molecular weight excluding hydrogens is 311 g/mol. The highest BCUT2D eigenvalue weighted by Gasteiger charge is 2.15. The highest BCUT2D eigenvalue weighted by molar-refractivity contribution is 6.24. The summed E-state index contributed by atoms with van der Waals surface area (Å²) in [6.45, 7) is 5.19. The molecule has 25 heavy (non-hydrogen) atoms. The zero-order valence-corrected chi connectivity index (χ0v) is 14.8. The second kappa shape index (κ2) is 7.13.